The number of anilines is 1. The molecule has 1 aliphatic rings. The molecule has 2 rings (SSSR count). The number of nitrogens with two attached hydrogens (primary N) is 1. The van der Waals surface area contributed by atoms with E-state index in [9.17, 15) is 5.11 Å². The average Bonchev–Trinajstić information content (AvgIpc) is 2.39. The molecule has 1 fully saturated rings. The molecule has 0 radical (unpaired) electrons. The van der Waals surface area contributed by atoms with Crippen LogP contribution in [0.25, 0.3) is 0 Å². The van der Waals surface area contributed by atoms with Crippen LogP contribution in [0, 0.1) is 0 Å². The van der Waals surface area contributed by atoms with Crippen LogP contribution in [0.2, 0.25) is 0 Å². The van der Waals surface area contributed by atoms with E-state index in [1.54, 1.807) is 6.20 Å². The van der Waals surface area contributed by atoms with E-state index < -0.39 is 5.60 Å². The Morgan fingerprint density at radius 3 is 2.83 bits per heavy atom. The van der Waals surface area contributed by atoms with Crippen molar-refractivity contribution in [3.63, 3.8) is 0 Å². The third-order valence-electron chi connectivity index (χ3n) is 3.25. The lowest BCUT2D eigenvalue weighted by Gasteiger charge is -2.30. The summed E-state index contributed by atoms with van der Waals surface area (Å²) in [6.45, 7) is 0.360. The van der Waals surface area contributed by atoms with E-state index in [4.69, 9.17) is 5.73 Å². The fourth-order valence-corrected chi connectivity index (χ4v) is 2.21. The molecule has 0 bridgehead atoms. The lowest BCUT2D eigenvalue weighted by atomic mass is 9.85. The highest BCUT2D eigenvalue weighted by atomic mass is 16.3. The van der Waals surface area contributed by atoms with Crippen LogP contribution in [-0.4, -0.2) is 28.2 Å². The summed E-state index contributed by atoms with van der Waals surface area (Å²) in [5.74, 6) is 0.960. The molecule has 0 atom stereocenters. The van der Waals surface area contributed by atoms with E-state index in [0.29, 0.717) is 18.3 Å². The Kier molecular flexibility index (Phi) is 4.15. The largest absolute Gasteiger partial charge is 0.388 e. The highest BCUT2D eigenvalue weighted by Gasteiger charge is 2.28. The Morgan fingerprint density at radius 2 is 2.17 bits per heavy atom. The molecule has 5 heteroatoms. The van der Waals surface area contributed by atoms with Crippen molar-refractivity contribution in [3.8, 4) is 0 Å². The molecule has 0 unspecified atom stereocenters. The summed E-state index contributed by atoms with van der Waals surface area (Å²) in [5, 5.41) is 13.2. The second-order valence-electron chi connectivity index (χ2n) is 4.83. The predicted molar refractivity (Wildman–Crippen MR) is 72.4 cm³/mol. The second kappa shape index (κ2) is 5.82. The molecular formula is C13H20N4O. The number of nitrogens with one attached hydrogen (secondary N) is 1. The van der Waals surface area contributed by atoms with Crippen LogP contribution in [0.1, 0.15) is 32.1 Å². The minimum absolute atomic E-state index is 0.299. The molecule has 0 amide bonds. The summed E-state index contributed by atoms with van der Waals surface area (Å²) in [6, 6.07) is 5.53. The summed E-state index contributed by atoms with van der Waals surface area (Å²) >= 11 is 0. The van der Waals surface area contributed by atoms with E-state index in [-0.39, 0.29) is 0 Å². The molecule has 0 saturated heterocycles. The van der Waals surface area contributed by atoms with Gasteiger partial charge in [0.05, 0.1) is 12.1 Å². The third kappa shape index (κ3) is 3.70. The van der Waals surface area contributed by atoms with Gasteiger partial charge in [0.1, 0.15) is 5.82 Å². The van der Waals surface area contributed by atoms with E-state index in [0.717, 1.165) is 25.7 Å². The maximum absolute atomic E-state index is 10.3. The zero-order chi connectivity index (χ0) is 12.8. The maximum Gasteiger partial charge on any atom is 0.194 e. The summed E-state index contributed by atoms with van der Waals surface area (Å²) in [6.07, 6.45) is 6.65. The molecule has 1 saturated carbocycles. The lowest BCUT2D eigenvalue weighted by Crippen LogP contribution is -2.36. The topological polar surface area (TPSA) is 83.5 Å². The van der Waals surface area contributed by atoms with Crippen LogP contribution in [0.4, 0.5) is 5.82 Å². The van der Waals surface area contributed by atoms with Crippen LogP contribution in [-0.2, 0) is 0 Å². The van der Waals surface area contributed by atoms with Crippen molar-refractivity contribution >= 4 is 11.8 Å². The van der Waals surface area contributed by atoms with Gasteiger partial charge in [-0.2, -0.15) is 0 Å². The quantitative estimate of drug-likeness (QED) is 0.559. The van der Waals surface area contributed by atoms with Crippen molar-refractivity contribution in [1.29, 1.82) is 0 Å². The molecule has 0 aromatic carbocycles. The van der Waals surface area contributed by atoms with Crippen molar-refractivity contribution < 1.29 is 5.11 Å². The zero-order valence-electron chi connectivity index (χ0n) is 10.5. The second-order valence-corrected chi connectivity index (χ2v) is 4.83. The number of guanidine groups is 1. The molecular weight excluding hydrogens is 228 g/mol. The van der Waals surface area contributed by atoms with Gasteiger partial charge in [0.2, 0.25) is 0 Å². The number of aliphatic imine (C=N–C) groups is 1. The number of hydrogen-bond acceptors (Lipinski definition) is 3. The monoisotopic (exact) mass is 248 g/mol. The average molecular weight is 248 g/mol. The van der Waals surface area contributed by atoms with Gasteiger partial charge >= 0.3 is 0 Å². The van der Waals surface area contributed by atoms with Crippen molar-refractivity contribution in [2.75, 3.05) is 11.9 Å². The van der Waals surface area contributed by atoms with Crippen molar-refractivity contribution in [2.45, 2.75) is 37.7 Å². The minimum Gasteiger partial charge on any atom is -0.388 e. The Morgan fingerprint density at radius 1 is 1.39 bits per heavy atom. The summed E-state index contributed by atoms with van der Waals surface area (Å²) in [5.41, 5.74) is 5.10. The molecule has 5 nitrogen and oxygen atoms in total. The fraction of sp³-hybridized carbons (Fsp3) is 0.538. The van der Waals surface area contributed by atoms with Gasteiger partial charge in [0.25, 0.3) is 0 Å². The Balaban J connectivity index is 1.88. The first kappa shape index (κ1) is 12.8. The van der Waals surface area contributed by atoms with Gasteiger partial charge in [-0.25, -0.2) is 4.98 Å². The van der Waals surface area contributed by atoms with Crippen LogP contribution >= 0.6 is 0 Å². The molecule has 4 N–H and O–H groups in total. The Bertz CT molecular complexity index is 399. The first-order chi connectivity index (χ1) is 8.68. The van der Waals surface area contributed by atoms with Crippen molar-refractivity contribution in [1.82, 2.24) is 4.98 Å². The summed E-state index contributed by atoms with van der Waals surface area (Å²) < 4.78 is 0. The van der Waals surface area contributed by atoms with Crippen LogP contribution in [0.15, 0.2) is 29.4 Å². The summed E-state index contributed by atoms with van der Waals surface area (Å²) in [7, 11) is 0. The van der Waals surface area contributed by atoms with E-state index in [1.807, 2.05) is 18.2 Å². The fourth-order valence-electron chi connectivity index (χ4n) is 2.21. The summed E-state index contributed by atoms with van der Waals surface area (Å²) in [4.78, 5) is 8.30. The molecule has 98 valence electrons. The highest BCUT2D eigenvalue weighted by Crippen LogP contribution is 2.28. The normalized spacial score (nSPS) is 19.5. The molecule has 1 heterocycles. The number of pyridine rings is 1. The number of aliphatic hydroxyl groups is 1. The van der Waals surface area contributed by atoms with Gasteiger partial charge in [-0.3, -0.25) is 4.99 Å². The molecule has 1 aliphatic carbocycles. The predicted octanol–water partition coefficient (Wildman–Crippen LogP) is 1.50. The van der Waals surface area contributed by atoms with Crippen molar-refractivity contribution in [2.24, 2.45) is 10.7 Å². The number of aromatic nitrogens is 1. The van der Waals surface area contributed by atoms with Crippen LogP contribution in [0.5, 0.6) is 0 Å². The standard InChI is InChI=1S/C13H20N4O/c14-12(17-11-6-2-5-9-15-11)16-10-13(18)7-3-1-4-8-13/h2,5-6,9,18H,1,3-4,7-8,10H2,(H3,14,15,16,17). The van der Waals surface area contributed by atoms with Gasteiger partial charge in [0, 0.05) is 6.20 Å². The molecule has 1 aromatic heterocycles. The van der Waals surface area contributed by atoms with Gasteiger partial charge < -0.3 is 16.2 Å². The van der Waals surface area contributed by atoms with Gasteiger partial charge in [-0.05, 0) is 25.0 Å². The van der Waals surface area contributed by atoms with Crippen LogP contribution < -0.4 is 11.1 Å². The van der Waals surface area contributed by atoms with Crippen molar-refractivity contribution in [3.05, 3.63) is 24.4 Å². The minimum atomic E-state index is -0.672. The zero-order valence-corrected chi connectivity index (χ0v) is 10.5. The lowest BCUT2D eigenvalue weighted by molar-refractivity contribution is 0.0132. The first-order valence-electron chi connectivity index (χ1n) is 6.38. The molecule has 18 heavy (non-hydrogen) atoms. The van der Waals surface area contributed by atoms with E-state index >= 15 is 0 Å². The maximum atomic E-state index is 10.3. The van der Waals surface area contributed by atoms with E-state index in [2.05, 4.69) is 15.3 Å². The highest BCUT2D eigenvalue weighted by molar-refractivity contribution is 5.91. The molecule has 0 spiro atoms. The van der Waals surface area contributed by atoms with Gasteiger partial charge in [0.15, 0.2) is 5.96 Å². The smallest absolute Gasteiger partial charge is 0.194 e. The Hall–Kier alpha value is -1.62. The number of hydrogen-bond donors (Lipinski definition) is 3. The third-order valence-corrected chi connectivity index (χ3v) is 3.25. The molecule has 0 aliphatic heterocycles. The SMILES string of the molecule is NC(=NCC1(O)CCCCC1)Nc1ccccn1. The van der Waals surface area contributed by atoms with E-state index in [1.165, 1.54) is 6.42 Å². The van der Waals surface area contributed by atoms with Crippen LogP contribution in [0.3, 0.4) is 0 Å². The van der Waals surface area contributed by atoms with Gasteiger partial charge in [-0.1, -0.05) is 25.3 Å². The number of nitrogens with zero attached hydrogens (tertiary/aromatic N) is 2. The molecule has 1 aromatic rings. The number of rotatable bonds is 3. The first-order valence-corrected chi connectivity index (χ1v) is 6.38. The Labute approximate surface area is 107 Å². The van der Waals surface area contributed by atoms with Gasteiger partial charge in [-0.15, -0.1) is 0 Å².